The highest BCUT2D eigenvalue weighted by atomic mass is 32.1. The van der Waals surface area contributed by atoms with Crippen LogP contribution in [0.15, 0.2) is 70.9 Å². The SMILES string of the molecule is CCc1cccc(C)c1NC(=S)N=Nc1c(O)n(Cc2cc(C)ccc2C)c2ccccc12. The van der Waals surface area contributed by atoms with Gasteiger partial charge in [-0.25, -0.2) is 0 Å². The average Bonchev–Trinajstić information content (AvgIpc) is 3.07. The highest BCUT2D eigenvalue weighted by Gasteiger charge is 2.17. The van der Waals surface area contributed by atoms with Gasteiger partial charge in [0.1, 0.15) is 0 Å². The van der Waals surface area contributed by atoms with Crippen molar-refractivity contribution in [3.8, 4) is 5.88 Å². The Hall–Kier alpha value is -3.51. The highest BCUT2D eigenvalue weighted by molar-refractivity contribution is 7.80. The van der Waals surface area contributed by atoms with Gasteiger partial charge in [0.25, 0.3) is 0 Å². The molecule has 168 valence electrons. The van der Waals surface area contributed by atoms with E-state index in [1.807, 2.05) is 47.9 Å². The van der Waals surface area contributed by atoms with Gasteiger partial charge in [0.05, 0.1) is 12.1 Å². The van der Waals surface area contributed by atoms with E-state index in [1.165, 1.54) is 16.7 Å². The number of aromatic nitrogens is 1. The molecule has 0 aliphatic heterocycles. The summed E-state index contributed by atoms with van der Waals surface area (Å²) in [6.45, 7) is 8.84. The van der Waals surface area contributed by atoms with Gasteiger partial charge in [-0.15, -0.1) is 10.2 Å². The molecule has 33 heavy (non-hydrogen) atoms. The minimum absolute atomic E-state index is 0.0776. The van der Waals surface area contributed by atoms with Gasteiger partial charge in [-0.2, -0.15) is 0 Å². The van der Waals surface area contributed by atoms with Gasteiger partial charge in [0.15, 0.2) is 5.69 Å². The van der Waals surface area contributed by atoms with Crippen molar-refractivity contribution >= 4 is 39.6 Å². The molecule has 0 spiro atoms. The smallest absolute Gasteiger partial charge is 0.221 e. The summed E-state index contributed by atoms with van der Waals surface area (Å²) in [6.07, 6.45) is 0.885. The fourth-order valence-corrected chi connectivity index (χ4v) is 4.24. The molecule has 2 N–H and O–H groups in total. The molecule has 6 heteroatoms. The molecule has 1 heterocycles. The number of hydrogen-bond donors (Lipinski definition) is 2. The van der Waals surface area contributed by atoms with E-state index < -0.39 is 0 Å². The fraction of sp³-hybridized carbons (Fsp3) is 0.222. The predicted octanol–water partition coefficient (Wildman–Crippen LogP) is 7.36. The maximum absolute atomic E-state index is 11.1. The van der Waals surface area contributed by atoms with Crippen molar-refractivity contribution < 1.29 is 5.11 Å². The number of benzene rings is 3. The average molecular weight is 457 g/mol. The number of aryl methyl sites for hydroxylation is 4. The van der Waals surface area contributed by atoms with Crippen LogP contribution in [0, 0.1) is 20.8 Å². The number of para-hydroxylation sites is 2. The summed E-state index contributed by atoms with van der Waals surface area (Å²) in [4.78, 5) is 0. The Morgan fingerprint density at radius 1 is 0.970 bits per heavy atom. The van der Waals surface area contributed by atoms with Gasteiger partial charge in [0, 0.05) is 11.1 Å². The molecule has 4 rings (SSSR count). The van der Waals surface area contributed by atoms with Gasteiger partial charge in [-0.3, -0.25) is 0 Å². The molecule has 5 nitrogen and oxygen atoms in total. The summed E-state index contributed by atoms with van der Waals surface area (Å²) < 4.78 is 1.87. The van der Waals surface area contributed by atoms with E-state index >= 15 is 0 Å². The van der Waals surface area contributed by atoms with Gasteiger partial charge in [-0.05, 0) is 67.7 Å². The van der Waals surface area contributed by atoms with Crippen LogP contribution in [0.4, 0.5) is 11.4 Å². The van der Waals surface area contributed by atoms with Crippen molar-refractivity contribution in [2.75, 3.05) is 5.32 Å². The Balaban J connectivity index is 1.68. The summed E-state index contributed by atoms with van der Waals surface area (Å²) in [6, 6.07) is 20.3. The van der Waals surface area contributed by atoms with Crippen molar-refractivity contribution in [1.29, 1.82) is 0 Å². The maximum atomic E-state index is 11.1. The second kappa shape index (κ2) is 9.55. The lowest BCUT2D eigenvalue weighted by molar-refractivity contribution is 0.429. The van der Waals surface area contributed by atoms with Gasteiger partial charge < -0.3 is 15.0 Å². The molecule has 0 fully saturated rings. The van der Waals surface area contributed by atoms with Gasteiger partial charge in [0.2, 0.25) is 11.0 Å². The number of nitrogens with one attached hydrogen (secondary N) is 1. The summed E-state index contributed by atoms with van der Waals surface area (Å²) >= 11 is 5.45. The Morgan fingerprint density at radius 3 is 2.55 bits per heavy atom. The second-order valence-corrected chi connectivity index (χ2v) is 8.68. The third-order valence-corrected chi connectivity index (χ3v) is 6.15. The van der Waals surface area contributed by atoms with E-state index in [2.05, 4.69) is 60.6 Å². The molecule has 3 aromatic carbocycles. The summed E-state index contributed by atoms with van der Waals surface area (Å²) in [5, 5.41) is 24.0. The van der Waals surface area contributed by atoms with Crippen LogP contribution >= 0.6 is 12.2 Å². The van der Waals surface area contributed by atoms with Crippen molar-refractivity contribution in [1.82, 2.24) is 4.57 Å². The van der Waals surface area contributed by atoms with E-state index in [4.69, 9.17) is 12.2 Å². The van der Waals surface area contributed by atoms with Crippen molar-refractivity contribution in [2.24, 2.45) is 10.2 Å². The second-order valence-electron chi connectivity index (χ2n) is 8.30. The van der Waals surface area contributed by atoms with E-state index in [1.54, 1.807) is 0 Å². The molecule has 0 saturated heterocycles. The lowest BCUT2D eigenvalue weighted by Crippen LogP contribution is -2.08. The zero-order chi connectivity index (χ0) is 23.5. The molecule has 1 aromatic heterocycles. The molecule has 0 saturated carbocycles. The number of azo groups is 1. The van der Waals surface area contributed by atoms with E-state index in [0.29, 0.717) is 12.2 Å². The van der Waals surface area contributed by atoms with Crippen molar-refractivity contribution in [3.63, 3.8) is 0 Å². The third kappa shape index (κ3) is 4.66. The van der Waals surface area contributed by atoms with Crippen LogP contribution in [0.3, 0.4) is 0 Å². The Morgan fingerprint density at radius 2 is 1.76 bits per heavy atom. The number of thiocarbonyl (C=S) groups is 1. The Bertz CT molecular complexity index is 1370. The van der Waals surface area contributed by atoms with Crippen LogP contribution in [0.2, 0.25) is 0 Å². The van der Waals surface area contributed by atoms with E-state index in [9.17, 15) is 5.11 Å². The molecule has 0 bridgehead atoms. The van der Waals surface area contributed by atoms with Crippen LogP contribution in [-0.2, 0) is 13.0 Å². The number of anilines is 1. The first-order chi connectivity index (χ1) is 15.9. The molecule has 0 atom stereocenters. The first-order valence-corrected chi connectivity index (χ1v) is 11.5. The minimum atomic E-state index is 0.0776. The standard InChI is InChI=1S/C27H28N4OS/c1-5-20-10-8-9-19(4)24(20)28-27(33)30-29-25-22-11-6-7-12-23(22)31(26(25)32)16-21-15-17(2)13-14-18(21)3/h6-15,32H,5,16H2,1-4H3,(H,28,33). The lowest BCUT2D eigenvalue weighted by Gasteiger charge is -2.12. The monoisotopic (exact) mass is 456 g/mol. The first kappa shape index (κ1) is 22.7. The Labute approximate surface area is 199 Å². The zero-order valence-corrected chi connectivity index (χ0v) is 20.2. The number of aromatic hydroxyl groups is 1. The minimum Gasteiger partial charge on any atom is -0.493 e. The summed E-state index contributed by atoms with van der Waals surface area (Å²) in [5.41, 5.74) is 8.06. The zero-order valence-electron chi connectivity index (χ0n) is 19.4. The van der Waals surface area contributed by atoms with Crippen LogP contribution in [-0.4, -0.2) is 14.8 Å². The van der Waals surface area contributed by atoms with Crippen LogP contribution in [0.5, 0.6) is 5.88 Å². The number of nitrogens with zero attached hydrogens (tertiary/aromatic N) is 3. The van der Waals surface area contributed by atoms with E-state index in [-0.39, 0.29) is 11.0 Å². The third-order valence-electron chi connectivity index (χ3n) is 5.96. The van der Waals surface area contributed by atoms with Crippen LogP contribution < -0.4 is 5.32 Å². The fourth-order valence-electron chi connectivity index (χ4n) is 4.10. The van der Waals surface area contributed by atoms with Crippen molar-refractivity contribution in [3.05, 3.63) is 88.5 Å². The molecule has 0 radical (unpaired) electrons. The predicted molar refractivity (Wildman–Crippen MR) is 140 cm³/mol. The number of rotatable bonds is 5. The van der Waals surface area contributed by atoms with Gasteiger partial charge in [-0.1, -0.05) is 67.1 Å². The van der Waals surface area contributed by atoms with Crippen LogP contribution in [0.25, 0.3) is 10.9 Å². The highest BCUT2D eigenvalue weighted by Crippen LogP contribution is 2.39. The topological polar surface area (TPSA) is 61.9 Å². The molecule has 0 unspecified atom stereocenters. The molecule has 0 aliphatic carbocycles. The van der Waals surface area contributed by atoms with Crippen molar-refractivity contribution in [2.45, 2.75) is 40.7 Å². The maximum Gasteiger partial charge on any atom is 0.221 e. The number of fused-ring (bicyclic) bond motifs is 1. The van der Waals surface area contributed by atoms with E-state index in [0.717, 1.165) is 34.1 Å². The molecular formula is C27H28N4OS. The molecule has 0 amide bonds. The molecular weight excluding hydrogens is 428 g/mol. The van der Waals surface area contributed by atoms with Crippen LogP contribution in [0.1, 0.15) is 34.7 Å². The molecule has 0 aliphatic rings. The normalized spacial score (nSPS) is 11.4. The first-order valence-electron chi connectivity index (χ1n) is 11.1. The molecule has 4 aromatic rings. The largest absolute Gasteiger partial charge is 0.493 e. The number of hydrogen-bond acceptors (Lipinski definition) is 3. The Kier molecular flexibility index (Phi) is 6.56. The quantitative estimate of drug-likeness (QED) is 0.243. The summed E-state index contributed by atoms with van der Waals surface area (Å²) in [5.74, 6) is 0.0776. The van der Waals surface area contributed by atoms with Gasteiger partial charge >= 0.3 is 0 Å². The lowest BCUT2D eigenvalue weighted by atomic mass is 10.1. The summed E-state index contributed by atoms with van der Waals surface area (Å²) in [7, 11) is 0.